The summed E-state index contributed by atoms with van der Waals surface area (Å²) < 4.78 is 26.7. The molecule has 23 heavy (non-hydrogen) atoms. The Kier molecular flexibility index (Phi) is 5.52. The first-order valence-electron chi connectivity index (χ1n) is 7.26. The van der Waals surface area contributed by atoms with Crippen molar-refractivity contribution >= 4 is 15.9 Å². The Morgan fingerprint density at radius 3 is 2.30 bits per heavy atom. The molecule has 0 saturated heterocycles. The molecule has 2 aromatic rings. The Labute approximate surface area is 136 Å². The van der Waals surface area contributed by atoms with Gasteiger partial charge in [0.05, 0.1) is 11.4 Å². The molecule has 0 aromatic heterocycles. The first-order valence-corrected chi connectivity index (χ1v) is 8.74. The van der Waals surface area contributed by atoms with Crippen LogP contribution in [0, 0.1) is 13.8 Å². The molecule has 0 unspecified atom stereocenters. The zero-order chi connectivity index (χ0) is 16.9. The number of benzene rings is 2. The van der Waals surface area contributed by atoms with Gasteiger partial charge >= 0.3 is 0 Å². The van der Waals surface area contributed by atoms with Crippen LogP contribution < -0.4 is 10.0 Å². The maximum absolute atomic E-state index is 12.2. The van der Waals surface area contributed by atoms with Crippen LogP contribution in [-0.2, 0) is 21.4 Å². The molecule has 0 fully saturated rings. The van der Waals surface area contributed by atoms with Crippen LogP contribution >= 0.6 is 0 Å². The van der Waals surface area contributed by atoms with Crippen molar-refractivity contribution < 1.29 is 13.2 Å². The Hall–Kier alpha value is -2.18. The summed E-state index contributed by atoms with van der Waals surface area (Å²) in [5.74, 6) is -0.372. The maximum Gasteiger partial charge on any atom is 0.241 e. The Balaban J connectivity index is 1.89. The van der Waals surface area contributed by atoms with Crippen LogP contribution in [0.25, 0.3) is 0 Å². The molecule has 0 atom stereocenters. The molecule has 1 amide bonds. The summed E-state index contributed by atoms with van der Waals surface area (Å²) in [6.07, 6.45) is 0. The van der Waals surface area contributed by atoms with E-state index >= 15 is 0 Å². The molecular weight excluding hydrogens is 312 g/mol. The van der Waals surface area contributed by atoms with Crippen molar-refractivity contribution in [3.8, 4) is 0 Å². The maximum atomic E-state index is 12.2. The third-order valence-corrected chi connectivity index (χ3v) is 4.98. The van der Waals surface area contributed by atoms with Gasteiger partial charge in [-0.2, -0.15) is 0 Å². The molecule has 0 aliphatic carbocycles. The number of rotatable bonds is 6. The minimum atomic E-state index is -3.69. The van der Waals surface area contributed by atoms with Crippen molar-refractivity contribution in [3.05, 3.63) is 65.2 Å². The highest BCUT2D eigenvalue weighted by atomic mass is 32.2. The molecule has 0 radical (unpaired) electrons. The van der Waals surface area contributed by atoms with Crippen LogP contribution in [-0.4, -0.2) is 20.9 Å². The van der Waals surface area contributed by atoms with E-state index in [-0.39, 0.29) is 17.3 Å². The Bertz CT molecular complexity index is 784. The van der Waals surface area contributed by atoms with Gasteiger partial charge in [-0.1, -0.05) is 48.0 Å². The van der Waals surface area contributed by atoms with Gasteiger partial charge < -0.3 is 5.32 Å². The van der Waals surface area contributed by atoms with Gasteiger partial charge in [-0.25, -0.2) is 13.1 Å². The topological polar surface area (TPSA) is 75.3 Å². The van der Waals surface area contributed by atoms with Gasteiger partial charge in [0.1, 0.15) is 0 Å². The molecule has 0 aliphatic heterocycles. The summed E-state index contributed by atoms with van der Waals surface area (Å²) >= 11 is 0. The van der Waals surface area contributed by atoms with Crippen molar-refractivity contribution in [1.29, 1.82) is 0 Å². The van der Waals surface area contributed by atoms with Crippen LogP contribution in [0.5, 0.6) is 0 Å². The zero-order valence-corrected chi connectivity index (χ0v) is 14.0. The van der Waals surface area contributed by atoms with Gasteiger partial charge in [-0.15, -0.1) is 0 Å². The lowest BCUT2D eigenvalue weighted by Gasteiger charge is -2.09. The van der Waals surface area contributed by atoms with Crippen molar-refractivity contribution in [2.75, 3.05) is 6.54 Å². The standard InChI is InChI=1S/C17H20N2O3S/c1-13-7-9-15(10-8-13)11-18-17(20)12-19-23(21,22)16-6-4-3-5-14(16)2/h3-10,19H,11-12H2,1-2H3,(H,18,20). The van der Waals surface area contributed by atoms with Gasteiger partial charge in [-0.05, 0) is 31.0 Å². The van der Waals surface area contributed by atoms with Gasteiger partial charge in [-0.3, -0.25) is 4.79 Å². The number of hydrogen-bond donors (Lipinski definition) is 2. The number of aryl methyl sites for hydroxylation is 2. The van der Waals surface area contributed by atoms with E-state index in [1.165, 1.54) is 6.07 Å². The fourth-order valence-electron chi connectivity index (χ4n) is 2.07. The third-order valence-electron chi connectivity index (χ3n) is 3.42. The second-order valence-electron chi connectivity index (χ2n) is 5.35. The minimum absolute atomic E-state index is 0.186. The number of hydrogen-bond acceptors (Lipinski definition) is 3. The van der Waals surface area contributed by atoms with Gasteiger partial charge in [0, 0.05) is 6.54 Å². The molecule has 2 aromatic carbocycles. The Morgan fingerprint density at radius 2 is 1.65 bits per heavy atom. The Morgan fingerprint density at radius 1 is 1.00 bits per heavy atom. The van der Waals surface area contributed by atoms with Crippen LogP contribution in [0.3, 0.4) is 0 Å². The van der Waals surface area contributed by atoms with Crippen LogP contribution in [0.2, 0.25) is 0 Å². The number of amides is 1. The van der Waals surface area contributed by atoms with Crippen molar-refractivity contribution in [3.63, 3.8) is 0 Å². The number of nitrogens with one attached hydrogen (secondary N) is 2. The van der Waals surface area contributed by atoms with E-state index in [9.17, 15) is 13.2 Å². The van der Waals surface area contributed by atoms with Crippen LogP contribution in [0.4, 0.5) is 0 Å². The SMILES string of the molecule is Cc1ccc(CNC(=O)CNS(=O)(=O)c2ccccc2C)cc1. The molecule has 122 valence electrons. The van der Waals surface area contributed by atoms with Crippen LogP contribution in [0.1, 0.15) is 16.7 Å². The summed E-state index contributed by atoms with van der Waals surface area (Å²) in [7, 11) is -3.69. The molecule has 5 nitrogen and oxygen atoms in total. The zero-order valence-electron chi connectivity index (χ0n) is 13.2. The van der Waals surface area contributed by atoms with E-state index in [2.05, 4.69) is 10.0 Å². The smallest absolute Gasteiger partial charge is 0.241 e. The molecule has 0 spiro atoms. The van der Waals surface area contributed by atoms with E-state index in [4.69, 9.17) is 0 Å². The highest BCUT2D eigenvalue weighted by molar-refractivity contribution is 7.89. The second kappa shape index (κ2) is 7.39. The third kappa shape index (κ3) is 4.91. The summed E-state index contributed by atoms with van der Waals surface area (Å²) in [6.45, 7) is 3.78. The molecular formula is C17H20N2O3S. The number of carbonyl (C=O) groups excluding carboxylic acids is 1. The molecule has 2 rings (SSSR count). The summed E-state index contributed by atoms with van der Waals surface area (Å²) in [5.41, 5.74) is 2.75. The summed E-state index contributed by atoms with van der Waals surface area (Å²) in [6, 6.07) is 14.4. The summed E-state index contributed by atoms with van der Waals surface area (Å²) in [4.78, 5) is 12.0. The van der Waals surface area contributed by atoms with Gasteiger partial charge in [0.2, 0.25) is 15.9 Å². The van der Waals surface area contributed by atoms with E-state index in [1.807, 2.05) is 31.2 Å². The van der Waals surface area contributed by atoms with E-state index in [0.29, 0.717) is 12.1 Å². The molecule has 6 heteroatoms. The van der Waals surface area contributed by atoms with Crippen LogP contribution in [0.15, 0.2) is 53.4 Å². The first kappa shape index (κ1) is 17.2. The molecule has 0 heterocycles. The predicted octanol–water partition coefficient (Wildman–Crippen LogP) is 1.90. The fourth-order valence-corrected chi connectivity index (χ4v) is 3.29. The molecule has 0 bridgehead atoms. The largest absolute Gasteiger partial charge is 0.351 e. The average Bonchev–Trinajstić information content (AvgIpc) is 2.53. The normalized spacial score (nSPS) is 11.2. The second-order valence-corrected chi connectivity index (χ2v) is 7.09. The molecule has 2 N–H and O–H groups in total. The van der Waals surface area contributed by atoms with Gasteiger partial charge in [0.15, 0.2) is 0 Å². The monoisotopic (exact) mass is 332 g/mol. The summed E-state index contributed by atoms with van der Waals surface area (Å²) in [5, 5.41) is 2.69. The van der Waals surface area contributed by atoms with E-state index in [1.54, 1.807) is 25.1 Å². The lowest BCUT2D eigenvalue weighted by molar-refractivity contribution is -0.120. The number of carbonyl (C=O) groups is 1. The lowest BCUT2D eigenvalue weighted by atomic mass is 10.1. The fraction of sp³-hybridized carbons (Fsp3) is 0.235. The van der Waals surface area contributed by atoms with E-state index in [0.717, 1.165) is 11.1 Å². The van der Waals surface area contributed by atoms with Crippen molar-refractivity contribution in [2.45, 2.75) is 25.3 Å². The highest BCUT2D eigenvalue weighted by Gasteiger charge is 2.17. The van der Waals surface area contributed by atoms with Gasteiger partial charge in [0.25, 0.3) is 0 Å². The minimum Gasteiger partial charge on any atom is -0.351 e. The molecule has 0 aliphatic rings. The van der Waals surface area contributed by atoms with Crippen molar-refractivity contribution in [2.24, 2.45) is 0 Å². The number of sulfonamides is 1. The first-order chi connectivity index (χ1) is 10.9. The predicted molar refractivity (Wildman–Crippen MR) is 89.4 cm³/mol. The van der Waals surface area contributed by atoms with E-state index < -0.39 is 10.0 Å². The molecule has 0 saturated carbocycles. The average molecular weight is 332 g/mol. The lowest BCUT2D eigenvalue weighted by Crippen LogP contribution is -2.36. The quantitative estimate of drug-likeness (QED) is 0.848. The highest BCUT2D eigenvalue weighted by Crippen LogP contribution is 2.13. The van der Waals surface area contributed by atoms with Crippen molar-refractivity contribution in [1.82, 2.24) is 10.0 Å².